The molecule has 108 valence electrons. The Kier molecular flexibility index (Phi) is 5.76. The van der Waals surface area contributed by atoms with Gasteiger partial charge in [-0.3, -0.25) is 4.90 Å². The van der Waals surface area contributed by atoms with E-state index < -0.39 is 0 Å². The Morgan fingerprint density at radius 1 is 1.32 bits per heavy atom. The molecule has 0 amide bonds. The average molecular weight is 282 g/mol. The van der Waals surface area contributed by atoms with Gasteiger partial charge in [-0.25, -0.2) is 4.98 Å². The lowest BCUT2D eigenvalue weighted by Gasteiger charge is -2.31. The van der Waals surface area contributed by atoms with E-state index in [2.05, 4.69) is 41.4 Å². The lowest BCUT2D eigenvalue weighted by atomic mass is 10.2. The van der Waals surface area contributed by atoms with Gasteiger partial charge in [-0.05, 0) is 19.5 Å². The van der Waals surface area contributed by atoms with E-state index >= 15 is 0 Å². The summed E-state index contributed by atoms with van der Waals surface area (Å²) >= 11 is 1.80. The van der Waals surface area contributed by atoms with Gasteiger partial charge >= 0.3 is 0 Å². The summed E-state index contributed by atoms with van der Waals surface area (Å²) < 4.78 is 0. The number of hydrogen-bond donors (Lipinski definition) is 1. The van der Waals surface area contributed by atoms with Crippen LogP contribution in [0.4, 0.5) is 0 Å². The highest BCUT2D eigenvalue weighted by Gasteiger charge is 2.15. The normalized spacial score (nSPS) is 18.3. The van der Waals surface area contributed by atoms with Crippen molar-refractivity contribution >= 4 is 11.3 Å². The highest BCUT2D eigenvalue weighted by Crippen LogP contribution is 2.13. The van der Waals surface area contributed by atoms with Crippen LogP contribution in [-0.4, -0.2) is 54.6 Å². The Bertz CT molecular complexity index is 369. The number of thiazole rings is 1. The molecule has 2 heterocycles. The summed E-state index contributed by atoms with van der Waals surface area (Å²) in [6.07, 6.45) is 0. The first-order valence-corrected chi connectivity index (χ1v) is 8.06. The van der Waals surface area contributed by atoms with Crippen molar-refractivity contribution in [2.75, 3.05) is 39.8 Å². The Balaban J connectivity index is 1.74. The molecular formula is C14H26N4S. The smallest absolute Gasteiger partial charge is 0.107 e. The standard InChI is InChI=1S/C14H26N4S/c1-12(2)8-15-9-13-11-19-14(16-13)10-18-6-4-17(3)5-7-18/h11-12,15H,4-10H2,1-3H3. The fourth-order valence-electron chi connectivity index (χ4n) is 2.19. The molecule has 2 rings (SSSR count). The van der Waals surface area contributed by atoms with E-state index in [0.717, 1.165) is 32.7 Å². The largest absolute Gasteiger partial charge is 0.311 e. The number of hydrogen-bond acceptors (Lipinski definition) is 5. The third kappa shape index (κ3) is 5.18. The van der Waals surface area contributed by atoms with Crippen LogP contribution in [0.5, 0.6) is 0 Å². The molecule has 0 radical (unpaired) electrons. The van der Waals surface area contributed by atoms with Crippen molar-refractivity contribution in [1.29, 1.82) is 0 Å². The number of nitrogens with one attached hydrogen (secondary N) is 1. The second-order valence-electron chi connectivity index (χ2n) is 5.84. The topological polar surface area (TPSA) is 31.4 Å². The van der Waals surface area contributed by atoms with Crippen LogP contribution in [0.1, 0.15) is 24.5 Å². The third-order valence-electron chi connectivity index (χ3n) is 3.41. The Labute approximate surface area is 120 Å². The van der Waals surface area contributed by atoms with Gasteiger partial charge in [0.05, 0.1) is 12.2 Å². The molecule has 0 bridgehead atoms. The molecule has 0 aromatic carbocycles. The van der Waals surface area contributed by atoms with Gasteiger partial charge in [0.25, 0.3) is 0 Å². The van der Waals surface area contributed by atoms with Crippen molar-refractivity contribution in [1.82, 2.24) is 20.1 Å². The predicted octanol–water partition coefficient (Wildman–Crippen LogP) is 1.64. The monoisotopic (exact) mass is 282 g/mol. The van der Waals surface area contributed by atoms with Crippen LogP contribution in [0, 0.1) is 5.92 Å². The molecule has 1 aliphatic rings. The predicted molar refractivity (Wildman–Crippen MR) is 81.4 cm³/mol. The number of rotatable bonds is 6. The Morgan fingerprint density at radius 2 is 2.05 bits per heavy atom. The number of nitrogens with zero attached hydrogens (tertiary/aromatic N) is 3. The summed E-state index contributed by atoms with van der Waals surface area (Å²) in [5.41, 5.74) is 1.19. The van der Waals surface area contributed by atoms with Crippen LogP contribution in [-0.2, 0) is 13.1 Å². The lowest BCUT2D eigenvalue weighted by molar-refractivity contribution is 0.148. The fourth-order valence-corrected chi connectivity index (χ4v) is 3.02. The van der Waals surface area contributed by atoms with Crippen LogP contribution in [0.25, 0.3) is 0 Å². The van der Waals surface area contributed by atoms with Crippen molar-refractivity contribution in [2.45, 2.75) is 26.9 Å². The first-order chi connectivity index (χ1) is 9.13. The van der Waals surface area contributed by atoms with Gasteiger partial charge in [-0.15, -0.1) is 11.3 Å². The van der Waals surface area contributed by atoms with E-state index in [1.165, 1.54) is 23.8 Å². The number of aromatic nitrogens is 1. The zero-order valence-corrected chi connectivity index (χ0v) is 13.2. The van der Waals surface area contributed by atoms with E-state index in [1.54, 1.807) is 11.3 Å². The molecule has 0 aliphatic carbocycles. The maximum absolute atomic E-state index is 4.72. The molecule has 5 heteroatoms. The van der Waals surface area contributed by atoms with Crippen molar-refractivity contribution in [3.05, 3.63) is 16.1 Å². The molecule has 1 aromatic rings. The van der Waals surface area contributed by atoms with Gasteiger partial charge in [0, 0.05) is 38.1 Å². The van der Waals surface area contributed by atoms with Gasteiger partial charge in [0.2, 0.25) is 0 Å². The minimum atomic E-state index is 0.698. The van der Waals surface area contributed by atoms with E-state index in [-0.39, 0.29) is 0 Å². The summed E-state index contributed by atoms with van der Waals surface area (Å²) in [4.78, 5) is 9.61. The highest BCUT2D eigenvalue weighted by molar-refractivity contribution is 7.09. The summed E-state index contributed by atoms with van der Waals surface area (Å²) in [6, 6.07) is 0. The highest BCUT2D eigenvalue weighted by atomic mass is 32.1. The van der Waals surface area contributed by atoms with E-state index in [0.29, 0.717) is 5.92 Å². The maximum atomic E-state index is 4.72. The van der Waals surface area contributed by atoms with Crippen LogP contribution < -0.4 is 5.32 Å². The molecule has 0 unspecified atom stereocenters. The van der Waals surface area contributed by atoms with Crippen LogP contribution in [0.2, 0.25) is 0 Å². The van der Waals surface area contributed by atoms with Crippen molar-refractivity contribution in [3.63, 3.8) is 0 Å². The summed E-state index contributed by atoms with van der Waals surface area (Å²) in [5.74, 6) is 0.698. The van der Waals surface area contributed by atoms with Gasteiger partial charge in [0.1, 0.15) is 5.01 Å². The summed E-state index contributed by atoms with van der Waals surface area (Å²) in [7, 11) is 2.19. The van der Waals surface area contributed by atoms with Gasteiger partial charge in [-0.1, -0.05) is 13.8 Å². The SMILES string of the molecule is CC(C)CNCc1csc(CN2CCN(C)CC2)n1. The molecule has 4 nitrogen and oxygen atoms in total. The fraction of sp³-hybridized carbons (Fsp3) is 0.786. The molecule has 0 spiro atoms. The molecule has 1 aliphatic heterocycles. The summed E-state index contributed by atoms with van der Waals surface area (Å²) in [6.45, 7) is 12.1. The van der Waals surface area contributed by atoms with E-state index in [9.17, 15) is 0 Å². The van der Waals surface area contributed by atoms with E-state index in [1.807, 2.05) is 0 Å². The molecule has 1 aromatic heterocycles. The minimum Gasteiger partial charge on any atom is -0.311 e. The third-order valence-corrected chi connectivity index (χ3v) is 4.30. The molecule has 1 saturated heterocycles. The Hall–Kier alpha value is -0.490. The van der Waals surface area contributed by atoms with Crippen molar-refractivity contribution in [3.8, 4) is 0 Å². The zero-order valence-electron chi connectivity index (χ0n) is 12.4. The Morgan fingerprint density at radius 3 is 2.74 bits per heavy atom. The average Bonchev–Trinajstić information content (AvgIpc) is 2.79. The first-order valence-electron chi connectivity index (χ1n) is 7.18. The van der Waals surface area contributed by atoms with Crippen LogP contribution in [0.3, 0.4) is 0 Å². The quantitative estimate of drug-likeness (QED) is 0.859. The number of likely N-dealkylation sites (N-methyl/N-ethyl adjacent to an activating group) is 1. The maximum Gasteiger partial charge on any atom is 0.107 e. The van der Waals surface area contributed by atoms with Crippen LogP contribution >= 0.6 is 11.3 Å². The lowest BCUT2D eigenvalue weighted by Crippen LogP contribution is -2.43. The van der Waals surface area contributed by atoms with Crippen molar-refractivity contribution < 1.29 is 0 Å². The van der Waals surface area contributed by atoms with Gasteiger partial charge in [-0.2, -0.15) is 0 Å². The molecular weight excluding hydrogens is 256 g/mol. The van der Waals surface area contributed by atoms with E-state index in [4.69, 9.17) is 4.98 Å². The van der Waals surface area contributed by atoms with Gasteiger partial charge in [0.15, 0.2) is 0 Å². The molecule has 1 fully saturated rings. The van der Waals surface area contributed by atoms with Crippen LogP contribution in [0.15, 0.2) is 5.38 Å². The molecule has 19 heavy (non-hydrogen) atoms. The first kappa shape index (κ1) is 14.9. The summed E-state index contributed by atoms with van der Waals surface area (Å²) in [5, 5.41) is 6.90. The second kappa shape index (κ2) is 7.33. The molecule has 0 saturated carbocycles. The molecule has 1 N–H and O–H groups in total. The number of piperazine rings is 1. The molecule has 0 atom stereocenters. The minimum absolute atomic E-state index is 0.698. The second-order valence-corrected chi connectivity index (χ2v) is 6.78. The van der Waals surface area contributed by atoms with Gasteiger partial charge < -0.3 is 10.2 Å². The van der Waals surface area contributed by atoms with Crippen molar-refractivity contribution in [2.24, 2.45) is 5.92 Å². The zero-order chi connectivity index (χ0) is 13.7.